The Balaban J connectivity index is 2.50. The van der Waals surface area contributed by atoms with Crippen LogP contribution in [0.25, 0.3) is 0 Å². The number of anilines is 1. The Morgan fingerprint density at radius 3 is 2.22 bits per heavy atom. The minimum Gasteiger partial charge on any atom is -0.493 e. The maximum absolute atomic E-state index is 12.9. The van der Waals surface area contributed by atoms with E-state index in [0.29, 0.717) is 16.5 Å². The highest BCUT2D eigenvalue weighted by atomic mass is 35.5. The molecule has 0 amide bonds. The quantitative estimate of drug-likeness (QED) is 0.668. The number of ether oxygens (including phenoxy) is 3. The van der Waals surface area contributed by atoms with Crippen molar-refractivity contribution in [3.63, 3.8) is 0 Å². The molecule has 0 unspecified atom stereocenters. The Bertz CT molecular complexity index is 912. The third kappa shape index (κ3) is 5.27. The molecule has 9 heteroatoms. The number of halogens is 1. The van der Waals surface area contributed by atoms with Gasteiger partial charge in [0.2, 0.25) is 0 Å². The van der Waals surface area contributed by atoms with E-state index in [0.717, 1.165) is 0 Å². The predicted octanol–water partition coefficient (Wildman–Crippen LogP) is 3.26. The number of nitrogens with one attached hydrogen (secondary N) is 1. The number of benzene rings is 2. The van der Waals surface area contributed by atoms with Crippen LogP contribution >= 0.6 is 11.6 Å². The van der Waals surface area contributed by atoms with Gasteiger partial charge in [-0.15, -0.1) is 0 Å². The Kier molecular flexibility index (Phi) is 6.92. The first-order valence-electron chi connectivity index (χ1n) is 7.99. The van der Waals surface area contributed by atoms with Gasteiger partial charge in [0.15, 0.2) is 11.5 Å². The molecule has 0 heterocycles. The zero-order chi connectivity index (χ0) is 20.0. The second kappa shape index (κ2) is 8.96. The first-order valence-corrected chi connectivity index (χ1v) is 9.85. The molecule has 27 heavy (non-hydrogen) atoms. The number of esters is 1. The molecule has 2 rings (SSSR count). The molecule has 1 N–H and O–H groups in total. The molecule has 0 spiro atoms. The maximum Gasteiger partial charge on any atom is 0.310 e. The van der Waals surface area contributed by atoms with Crippen LogP contribution in [-0.2, 0) is 26.0 Å². The van der Waals surface area contributed by atoms with E-state index in [1.807, 2.05) is 0 Å². The predicted molar refractivity (Wildman–Crippen MR) is 102 cm³/mol. The van der Waals surface area contributed by atoms with E-state index >= 15 is 0 Å². The summed E-state index contributed by atoms with van der Waals surface area (Å²) >= 11 is 5.83. The average Bonchev–Trinajstić information content (AvgIpc) is 2.63. The summed E-state index contributed by atoms with van der Waals surface area (Å²) in [6.45, 7) is 1.86. The van der Waals surface area contributed by atoms with Gasteiger partial charge in [0, 0.05) is 16.8 Å². The molecule has 146 valence electrons. The van der Waals surface area contributed by atoms with Gasteiger partial charge in [-0.2, -0.15) is 0 Å². The van der Waals surface area contributed by atoms with Crippen LogP contribution < -0.4 is 14.2 Å². The van der Waals surface area contributed by atoms with Crippen LogP contribution in [-0.4, -0.2) is 35.2 Å². The summed E-state index contributed by atoms with van der Waals surface area (Å²) in [4.78, 5) is 11.8. The number of rotatable bonds is 8. The maximum atomic E-state index is 12.9. The number of carbonyl (C=O) groups is 1. The van der Waals surface area contributed by atoms with Gasteiger partial charge in [-0.05, 0) is 42.8 Å². The van der Waals surface area contributed by atoms with Crippen LogP contribution in [0.15, 0.2) is 41.3 Å². The first kappa shape index (κ1) is 20.9. The van der Waals surface area contributed by atoms with Gasteiger partial charge in [0.25, 0.3) is 10.0 Å². The highest BCUT2D eigenvalue weighted by Gasteiger charge is 2.24. The molecule has 7 nitrogen and oxygen atoms in total. The minimum atomic E-state index is -4.01. The molecule has 0 aliphatic heterocycles. The SMILES string of the molecule is CCOC(=O)Cc1cc(OC)c(OC)cc1S(=O)(=O)Nc1ccc(Cl)cc1. The Morgan fingerprint density at radius 1 is 1.07 bits per heavy atom. The largest absolute Gasteiger partial charge is 0.493 e. The van der Waals surface area contributed by atoms with Crippen molar-refractivity contribution in [2.45, 2.75) is 18.2 Å². The minimum absolute atomic E-state index is 0.108. The lowest BCUT2D eigenvalue weighted by Crippen LogP contribution is -2.17. The third-order valence-corrected chi connectivity index (χ3v) is 5.31. The summed E-state index contributed by atoms with van der Waals surface area (Å²) in [7, 11) is -1.19. The van der Waals surface area contributed by atoms with Crippen molar-refractivity contribution in [1.82, 2.24) is 0 Å². The number of methoxy groups -OCH3 is 2. The molecule has 0 fully saturated rings. The second-order valence-electron chi connectivity index (χ2n) is 5.41. The van der Waals surface area contributed by atoms with E-state index in [9.17, 15) is 13.2 Å². The van der Waals surface area contributed by atoms with Gasteiger partial charge in [-0.1, -0.05) is 11.6 Å². The molecule has 0 saturated carbocycles. The molecule has 2 aromatic rings. The van der Waals surface area contributed by atoms with Gasteiger partial charge in [-0.25, -0.2) is 8.42 Å². The number of carbonyl (C=O) groups excluding carboxylic acids is 1. The lowest BCUT2D eigenvalue weighted by molar-refractivity contribution is -0.142. The van der Waals surface area contributed by atoms with Crippen LogP contribution in [0.4, 0.5) is 5.69 Å². The Hall–Kier alpha value is -2.45. The van der Waals surface area contributed by atoms with Crippen LogP contribution in [0.2, 0.25) is 5.02 Å². The zero-order valence-electron chi connectivity index (χ0n) is 15.1. The first-order chi connectivity index (χ1) is 12.8. The van der Waals surface area contributed by atoms with Crippen molar-refractivity contribution in [2.75, 3.05) is 25.5 Å². The van der Waals surface area contributed by atoms with E-state index in [4.69, 9.17) is 25.8 Å². The lowest BCUT2D eigenvalue weighted by Gasteiger charge is -2.16. The van der Waals surface area contributed by atoms with Gasteiger partial charge in [0.1, 0.15) is 0 Å². The van der Waals surface area contributed by atoms with E-state index in [1.54, 1.807) is 19.1 Å². The number of hydrogen-bond donors (Lipinski definition) is 1. The van der Waals surface area contributed by atoms with Gasteiger partial charge in [-0.3, -0.25) is 9.52 Å². The second-order valence-corrected chi connectivity index (χ2v) is 7.50. The summed E-state index contributed by atoms with van der Waals surface area (Å²) in [6.07, 6.45) is -0.231. The van der Waals surface area contributed by atoms with Crippen molar-refractivity contribution < 1.29 is 27.4 Å². The van der Waals surface area contributed by atoms with E-state index < -0.39 is 16.0 Å². The molecule has 0 aliphatic rings. The molecule has 0 aromatic heterocycles. The van der Waals surface area contributed by atoms with Crippen LogP contribution in [0.5, 0.6) is 11.5 Å². The van der Waals surface area contributed by atoms with Crippen molar-refractivity contribution in [3.05, 3.63) is 47.0 Å². The molecule has 0 saturated heterocycles. The van der Waals surface area contributed by atoms with E-state index in [-0.39, 0.29) is 29.2 Å². The summed E-state index contributed by atoms with van der Waals surface area (Å²) in [5.41, 5.74) is 0.559. The summed E-state index contributed by atoms with van der Waals surface area (Å²) < 4.78 is 43.6. The Labute approximate surface area is 163 Å². The third-order valence-electron chi connectivity index (χ3n) is 3.59. The van der Waals surface area contributed by atoms with Crippen molar-refractivity contribution in [1.29, 1.82) is 0 Å². The highest BCUT2D eigenvalue weighted by molar-refractivity contribution is 7.92. The molecule has 0 atom stereocenters. The number of hydrogen-bond acceptors (Lipinski definition) is 6. The number of sulfonamides is 1. The summed E-state index contributed by atoms with van der Waals surface area (Å²) in [5, 5.41) is 0.479. The summed E-state index contributed by atoms with van der Waals surface area (Å²) in [6, 6.07) is 8.95. The van der Waals surface area contributed by atoms with Gasteiger partial charge in [0.05, 0.1) is 32.1 Å². The van der Waals surface area contributed by atoms with Crippen molar-refractivity contribution in [2.24, 2.45) is 0 Å². The molecular weight excluding hydrogens is 394 g/mol. The highest BCUT2D eigenvalue weighted by Crippen LogP contribution is 2.34. The molecule has 0 radical (unpaired) electrons. The Morgan fingerprint density at radius 2 is 1.67 bits per heavy atom. The fourth-order valence-corrected chi connectivity index (χ4v) is 3.81. The van der Waals surface area contributed by atoms with E-state index in [2.05, 4.69) is 4.72 Å². The summed E-state index contributed by atoms with van der Waals surface area (Å²) in [5.74, 6) is -0.0171. The normalized spacial score (nSPS) is 11.0. The molecule has 0 aliphatic carbocycles. The van der Waals surface area contributed by atoms with Crippen molar-refractivity contribution >= 4 is 33.3 Å². The van der Waals surface area contributed by atoms with Gasteiger partial charge >= 0.3 is 5.97 Å². The van der Waals surface area contributed by atoms with Crippen LogP contribution in [0.3, 0.4) is 0 Å². The van der Waals surface area contributed by atoms with E-state index in [1.165, 1.54) is 38.5 Å². The zero-order valence-corrected chi connectivity index (χ0v) is 16.7. The standard InChI is InChI=1S/C18H20ClNO6S/c1-4-26-18(21)10-12-9-15(24-2)16(25-3)11-17(12)27(22,23)20-14-7-5-13(19)6-8-14/h5-9,11,20H,4,10H2,1-3H3. The van der Waals surface area contributed by atoms with Crippen molar-refractivity contribution in [3.8, 4) is 11.5 Å². The topological polar surface area (TPSA) is 90.9 Å². The van der Waals surface area contributed by atoms with Crippen LogP contribution in [0.1, 0.15) is 12.5 Å². The molecule has 2 aromatic carbocycles. The lowest BCUT2D eigenvalue weighted by atomic mass is 10.1. The fourth-order valence-electron chi connectivity index (χ4n) is 2.39. The molecule has 0 bridgehead atoms. The van der Waals surface area contributed by atoms with Crippen LogP contribution in [0, 0.1) is 0 Å². The molecular formula is C18H20ClNO6S. The fraction of sp³-hybridized carbons (Fsp3) is 0.278. The smallest absolute Gasteiger partial charge is 0.310 e. The monoisotopic (exact) mass is 413 g/mol. The average molecular weight is 414 g/mol. The van der Waals surface area contributed by atoms with Gasteiger partial charge < -0.3 is 14.2 Å².